The molecule has 6 heteroatoms. The van der Waals surface area contributed by atoms with Crippen molar-refractivity contribution in [3.8, 4) is 11.5 Å². The SMILES string of the molecule is CCOc1cc(/C=C/C(=O)O)cc(Br)c1OC(C)=O. The molecule has 0 fully saturated rings. The summed E-state index contributed by atoms with van der Waals surface area (Å²) in [5, 5.41) is 8.59. The van der Waals surface area contributed by atoms with Crippen molar-refractivity contribution in [2.24, 2.45) is 0 Å². The number of aliphatic carboxylic acids is 1. The molecule has 0 amide bonds. The standard InChI is InChI=1S/C13H13BrO5/c1-3-18-11-7-9(4-5-12(16)17)6-10(14)13(11)19-8(2)15/h4-7H,3H2,1-2H3,(H,16,17)/b5-4+. The van der Waals surface area contributed by atoms with Crippen LogP contribution >= 0.6 is 15.9 Å². The Kier molecular flexibility index (Phi) is 5.57. The molecule has 1 aromatic carbocycles. The molecule has 1 N–H and O–H groups in total. The van der Waals surface area contributed by atoms with Gasteiger partial charge in [0.05, 0.1) is 11.1 Å². The Morgan fingerprint density at radius 2 is 2.11 bits per heavy atom. The predicted molar refractivity (Wildman–Crippen MR) is 73.3 cm³/mol. The number of hydrogen-bond donors (Lipinski definition) is 1. The zero-order valence-corrected chi connectivity index (χ0v) is 12.1. The molecule has 1 rings (SSSR count). The van der Waals surface area contributed by atoms with Crippen molar-refractivity contribution < 1.29 is 24.2 Å². The zero-order chi connectivity index (χ0) is 14.4. The van der Waals surface area contributed by atoms with E-state index in [4.69, 9.17) is 14.6 Å². The van der Waals surface area contributed by atoms with E-state index in [-0.39, 0.29) is 5.75 Å². The molecule has 0 aromatic heterocycles. The lowest BCUT2D eigenvalue weighted by molar-refractivity contribution is -0.132. The van der Waals surface area contributed by atoms with Crippen molar-refractivity contribution >= 4 is 33.9 Å². The van der Waals surface area contributed by atoms with Gasteiger partial charge in [-0.3, -0.25) is 4.79 Å². The molecular formula is C13H13BrO5. The van der Waals surface area contributed by atoms with Gasteiger partial charge in [-0.1, -0.05) is 0 Å². The predicted octanol–water partition coefficient (Wildman–Crippen LogP) is 2.87. The Hall–Kier alpha value is -1.82. The van der Waals surface area contributed by atoms with Crippen LogP contribution in [-0.4, -0.2) is 23.7 Å². The van der Waals surface area contributed by atoms with Gasteiger partial charge >= 0.3 is 11.9 Å². The van der Waals surface area contributed by atoms with Crippen molar-refractivity contribution in [2.45, 2.75) is 13.8 Å². The summed E-state index contributed by atoms with van der Waals surface area (Å²) in [5.74, 6) is -0.854. The van der Waals surface area contributed by atoms with Gasteiger partial charge in [0, 0.05) is 13.0 Å². The van der Waals surface area contributed by atoms with Gasteiger partial charge < -0.3 is 14.6 Å². The third kappa shape index (κ3) is 4.75. The average molecular weight is 329 g/mol. The minimum atomic E-state index is -1.04. The van der Waals surface area contributed by atoms with E-state index < -0.39 is 11.9 Å². The third-order valence-corrected chi connectivity index (χ3v) is 2.58. The van der Waals surface area contributed by atoms with E-state index in [0.29, 0.717) is 22.4 Å². The summed E-state index contributed by atoms with van der Waals surface area (Å²) >= 11 is 3.26. The van der Waals surface area contributed by atoms with Crippen molar-refractivity contribution in [1.29, 1.82) is 0 Å². The van der Waals surface area contributed by atoms with Crippen LogP contribution in [0, 0.1) is 0 Å². The smallest absolute Gasteiger partial charge is 0.328 e. The molecule has 0 aliphatic rings. The molecule has 0 spiro atoms. The Morgan fingerprint density at radius 3 is 2.63 bits per heavy atom. The van der Waals surface area contributed by atoms with Crippen LogP contribution in [-0.2, 0) is 9.59 Å². The Balaban J connectivity index is 3.19. The molecule has 0 saturated carbocycles. The van der Waals surface area contributed by atoms with Gasteiger partial charge in [-0.15, -0.1) is 0 Å². The van der Waals surface area contributed by atoms with Crippen molar-refractivity contribution in [3.63, 3.8) is 0 Å². The van der Waals surface area contributed by atoms with E-state index in [1.807, 2.05) is 0 Å². The fourth-order valence-corrected chi connectivity index (χ4v) is 1.90. The van der Waals surface area contributed by atoms with Gasteiger partial charge in [-0.2, -0.15) is 0 Å². The average Bonchev–Trinajstić information content (AvgIpc) is 2.31. The highest BCUT2D eigenvalue weighted by atomic mass is 79.9. The number of carboxylic acid groups (broad SMARTS) is 1. The highest BCUT2D eigenvalue weighted by Gasteiger charge is 2.13. The second-order valence-corrected chi connectivity index (χ2v) is 4.38. The second-order valence-electron chi connectivity index (χ2n) is 3.53. The van der Waals surface area contributed by atoms with Crippen molar-refractivity contribution in [2.75, 3.05) is 6.61 Å². The van der Waals surface area contributed by atoms with E-state index in [1.165, 1.54) is 13.0 Å². The number of ether oxygens (including phenoxy) is 2. The summed E-state index contributed by atoms with van der Waals surface area (Å²) in [5.41, 5.74) is 0.619. The Labute approximate surface area is 119 Å². The number of hydrogen-bond acceptors (Lipinski definition) is 4. The van der Waals surface area contributed by atoms with Gasteiger partial charge in [0.25, 0.3) is 0 Å². The van der Waals surface area contributed by atoms with Gasteiger partial charge in [-0.05, 0) is 46.6 Å². The summed E-state index contributed by atoms with van der Waals surface area (Å²) in [4.78, 5) is 21.5. The van der Waals surface area contributed by atoms with Crippen molar-refractivity contribution in [3.05, 3.63) is 28.2 Å². The van der Waals surface area contributed by atoms with Gasteiger partial charge in [-0.25, -0.2) is 4.79 Å². The highest BCUT2D eigenvalue weighted by molar-refractivity contribution is 9.10. The maximum Gasteiger partial charge on any atom is 0.328 e. The molecule has 19 heavy (non-hydrogen) atoms. The minimum absolute atomic E-state index is 0.279. The fraction of sp³-hybridized carbons (Fsp3) is 0.231. The van der Waals surface area contributed by atoms with E-state index in [2.05, 4.69) is 15.9 Å². The number of carbonyl (C=O) groups excluding carboxylic acids is 1. The molecule has 0 unspecified atom stereocenters. The summed E-state index contributed by atoms with van der Waals surface area (Å²) in [7, 11) is 0. The van der Waals surface area contributed by atoms with Gasteiger partial charge in [0.15, 0.2) is 11.5 Å². The molecule has 0 saturated heterocycles. The molecule has 102 valence electrons. The van der Waals surface area contributed by atoms with Crippen LogP contribution in [0.25, 0.3) is 6.08 Å². The first-order valence-corrected chi connectivity index (χ1v) is 6.29. The van der Waals surface area contributed by atoms with E-state index in [0.717, 1.165) is 6.08 Å². The third-order valence-electron chi connectivity index (χ3n) is 2.00. The molecule has 0 radical (unpaired) electrons. The molecule has 0 atom stereocenters. The zero-order valence-electron chi connectivity index (χ0n) is 10.5. The summed E-state index contributed by atoms with van der Waals surface area (Å²) in [6, 6.07) is 3.24. The number of halogens is 1. The summed E-state index contributed by atoms with van der Waals surface area (Å²) < 4.78 is 10.9. The van der Waals surface area contributed by atoms with E-state index in [1.54, 1.807) is 19.1 Å². The van der Waals surface area contributed by atoms with Crippen LogP contribution in [0.5, 0.6) is 11.5 Å². The quantitative estimate of drug-likeness (QED) is 0.511. The van der Waals surface area contributed by atoms with Crippen LogP contribution in [0.3, 0.4) is 0 Å². The maximum absolute atomic E-state index is 11.0. The molecule has 0 aliphatic heterocycles. The number of rotatable bonds is 5. The monoisotopic (exact) mass is 328 g/mol. The molecular weight excluding hydrogens is 316 g/mol. The fourth-order valence-electron chi connectivity index (χ4n) is 1.36. The first kappa shape index (κ1) is 15.2. The first-order chi connectivity index (χ1) is 8.93. The highest BCUT2D eigenvalue weighted by Crippen LogP contribution is 2.37. The lowest BCUT2D eigenvalue weighted by atomic mass is 10.2. The number of benzene rings is 1. The molecule has 0 aliphatic carbocycles. The molecule has 0 heterocycles. The van der Waals surface area contributed by atoms with Crippen LogP contribution < -0.4 is 9.47 Å². The Bertz CT molecular complexity index is 522. The summed E-state index contributed by atoms with van der Waals surface area (Å²) in [6.07, 6.45) is 2.44. The lowest BCUT2D eigenvalue weighted by Crippen LogP contribution is -2.05. The van der Waals surface area contributed by atoms with Crippen LogP contribution in [0.15, 0.2) is 22.7 Å². The Morgan fingerprint density at radius 1 is 1.42 bits per heavy atom. The van der Waals surface area contributed by atoms with Gasteiger partial charge in [0.1, 0.15) is 0 Å². The summed E-state index contributed by atoms with van der Waals surface area (Å²) in [6.45, 7) is 3.48. The largest absolute Gasteiger partial charge is 0.490 e. The van der Waals surface area contributed by atoms with Crippen LogP contribution in [0.1, 0.15) is 19.4 Å². The van der Waals surface area contributed by atoms with Crippen LogP contribution in [0.2, 0.25) is 0 Å². The number of esters is 1. The van der Waals surface area contributed by atoms with Gasteiger partial charge in [0.2, 0.25) is 0 Å². The molecule has 0 bridgehead atoms. The van der Waals surface area contributed by atoms with Crippen LogP contribution in [0.4, 0.5) is 0 Å². The maximum atomic E-state index is 11.0. The number of carboxylic acids is 1. The number of carbonyl (C=O) groups is 2. The molecule has 5 nitrogen and oxygen atoms in total. The van der Waals surface area contributed by atoms with E-state index >= 15 is 0 Å². The lowest BCUT2D eigenvalue weighted by Gasteiger charge is -2.12. The first-order valence-electron chi connectivity index (χ1n) is 5.49. The molecule has 1 aromatic rings. The second kappa shape index (κ2) is 6.94. The minimum Gasteiger partial charge on any atom is -0.490 e. The topological polar surface area (TPSA) is 72.8 Å². The van der Waals surface area contributed by atoms with E-state index in [9.17, 15) is 9.59 Å². The van der Waals surface area contributed by atoms with Crippen molar-refractivity contribution in [1.82, 2.24) is 0 Å². The normalized spacial score (nSPS) is 10.5.